The van der Waals surface area contributed by atoms with Crippen LogP contribution >= 0.6 is 11.6 Å². The average molecular weight is 371 g/mol. The third-order valence-corrected chi connectivity index (χ3v) is 4.60. The minimum atomic E-state index is -0.188. The Morgan fingerprint density at radius 1 is 1.20 bits per heavy atom. The molecule has 0 spiro atoms. The Morgan fingerprint density at radius 2 is 1.80 bits per heavy atom. The third kappa shape index (κ3) is 8.23. The molecule has 0 radical (unpaired) electrons. The summed E-state index contributed by atoms with van der Waals surface area (Å²) < 4.78 is 1.68. The van der Waals surface area contributed by atoms with Crippen LogP contribution in [0.4, 0.5) is 0 Å². The van der Waals surface area contributed by atoms with Crippen LogP contribution in [0.5, 0.6) is 0 Å². The van der Waals surface area contributed by atoms with Gasteiger partial charge in [0, 0.05) is 25.3 Å². The zero-order valence-corrected chi connectivity index (χ0v) is 17.1. The molecule has 0 fully saturated rings. The fourth-order valence-corrected chi connectivity index (χ4v) is 3.14. The lowest BCUT2D eigenvalue weighted by molar-refractivity contribution is 0.0922. The Bertz CT molecular complexity index is 494. The lowest BCUT2D eigenvalue weighted by Crippen LogP contribution is -2.43. The van der Waals surface area contributed by atoms with Crippen molar-refractivity contribution in [2.45, 2.75) is 78.8 Å². The van der Waals surface area contributed by atoms with Crippen LogP contribution in [0.3, 0.4) is 0 Å². The number of carbonyl (C=O) groups is 1. The topological polar surface area (TPSA) is 50.2 Å². The molecule has 0 bridgehead atoms. The maximum Gasteiger partial charge on any atom is 0.273 e. The number of halogens is 1. The zero-order valence-electron chi connectivity index (χ0n) is 16.4. The van der Waals surface area contributed by atoms with Crippen molar-refractivity contribution in [3.8, 4) is 0 Å². The molecule has 0 aliphatic rings. The number of aromatic nitrogens is 2. The van der Waals surface area contributed by atoms with Gasteiger partial charge in [-0.2, -0.15) is 5.10 Å². The van der Waals surface area contributed by atoms with Gasteiger partial charge in [0.05, 0.1) is 5.02 Å². The third-order valence-electron chi connectivity index (χ3n) is 4.32. The van der Waals surface area contributed by atoms with Crippen LogP contribution in [0, 0.1) is 0 Å². The van der Waals surface area contributed by atoms with Crippen molar-refractivity contribution in [3.63, 3.8) is 0 Å². The van der Waals surface area contributed by atoms with Crippen LogP contribution in [0.15, 0.2) is 6.20 Å². The summed E-state index contributed by atoms with van der Waals surface area (Å²) in [7, 11) is 0. The Hall–Kier alpha value is -1.07. The van der Waals surface area contributed by atoms with Gasteiger partial charge in [-0.05, 0) is 39.8 Å². The van der Waals surface area contributed by atoms with Gasteiger partial charge < -0.3 is 10.2 Å². The molecular formula is C19H35ClN4O. The van der Waals surface area contributed by atoms with Crippen LogP contribution in [-0.2, 0) is 6.54 Å². The number of hydrogen-bond donors (Lipinski definition) is 1. The second-order valence-corrected chi connectivity index (χ2v) is 7.18. The Morgan fingerprint density at radius 3 is 2.28 bits per heavy atom. The zero-order chi connectivity index (χ0) is 18.7. The molecule has 0 aromatic carbocycles. The van der Waals surface area contributed by atoms with Crippen molar-refractivity contribution in [1.29, 1.82) is 0 Å². The summed E-state index contributed by atoms with van der Waals surface area (Å²) >= 11 is 6.12. The molecule has 5 nitrogen and oxygen atoms in total. The highest BCUT2D eigenvalue weighted by atomic mass is 35.5. The van der Waals surface area contributed by atoms with E-state index in [1.807, 2.05) is 6.92 Å². The number of nitrogens with zero attached hydrogens (tertiary/aromatic N) is 3. The minimum Gasteiger partial charge on any atom is -0.347 e. The molecule has 144 valence electrons. The summed E-state index contributed by atoms with van der Waals surface area (Å²) in [6.45, 7) is 12.2. The van der Waals surface area contributed by atoms with Crippen LogP contribution in [0.2, 0.25) is 5.02 Å². The molecule has 6 heteroatoms. The fourth-order valence-electron chi connectivity index (χ4n) is 2.90. The van der Waals surface area contributed by atoms with E-state index in [1.54, 1.807) is 10.9 Å². The fraction of sp³-hybridized carbons (Fsp3) is 0.789. The second kappa shape index (κ2) is 12.3. The predicted octanol–water partition coefficient (Wildman–Crippen LogP) is 4.36. The molecule has 1 aromatic rings. The van der Waals surface area contributed by atoms with E-state index in [0.717, 1.165) is 19.6 Å². The Labute approximate surface area is 158 Å². The van der Waals surface area contributed by atoms with Crippen molar-refractivity contribution < 1.29 is 4.79 Å². The van der Waals surface area contributed by atoms with E-state index in [-0.39, 0.29) is 11.9 Å². The number of carbonyl (C=O) groups excluding carboxylic acids is 1. The van der Waals surface area contributed by atoms with Crippen molar-refractivity contribution >= 4 is 17.5 Å². The maximum atomic E-state index is 12.4. The van der Waals surface area contributed by atoms with Gasteiger partial charge in [-0.15, -0.1) is 0 Å². The summed E-state index contributed by atoms with van der Waals surface area (Å²) in [5.74, 6) is -0.188. The van der Waals surface area contributed by atoms with Crippen LogP contribution in [-0.4, -0.2) is 46.3 Å². The average Bonchev–Trinajstić information content (AvgIpc) is 2.96. The molecular weight excluding hydrogens is 336 g/mol. The van der Waals surface area contributed by atoms with E-state index in [4.69, 9.17) is 11.6 Å². The smallest absolute Gasteiger partial charge is 0.273 e. The first kappa shape index (κ1) is 22.0. The standard InChI is InChI=1S/C19H35ClN4O/c1-5-8-10-12-23(13-11-9-6-2)14-16(4)21-19(25)18-17(20)15-24(7-3)22-18/h15-16H,5-14H2,1-4H3,(H,21,25). The first-order valence-electron chi connectivity index (χ1n) is 9.77. The second-order valence-electron chi connectivity index (χ2n) is 6.77. The lowest BCUT2D eigenvalue weighted by atomic mass is 10.2. The molecule has 0 saturated heterocycles. The first-order chi connectivity index (χ1) is 12.0. The molecule has 1 unspecified atom stereocenters. The van der Waals surface area contributed by atoms with Crippen LogP contribution in [0.25, 0.3) is 0 Å². The largest absolute Gasteiger partial charge is 0.347 e. The number of rotatable bonds is 13. The van der Waals surface area contributed by atoms with Crippen LogP contribution in [0.1, 0.15) is 76.7 Å². The number of unbranched alkanes of at least 4 members (excludes halogenated alkanes) is 4. The van der Waals surface area contributed by atoms with Gasteiger partial charge in [0.25, 0.3) is 5.91 Å². The molecule has 1 N–H and O–H groups in total. The number of hydrogen-bond acceptors (Lipinski definition) is 3. The molecule has 0 aliphatic carbocycles. The van der Waals surface area contributed by atoms with E-state index in [0.29, 0.717) is 17.3 Å². The number of nitrogens with one attached hydrogen (secondary N) is 1. The van der Waals surface area contributed by atoms with E-state index in [9.17, 15) is 4.79 Å². The van der Waals surface area contributed by atoms with Gasteiger partial charge in [0.1, 0.15) is 0 Å². The SMILES string of the molecule is CCCCCN(CCCCC)CC(C)NC(=O)c1nn(CC)cc1Cl. The van der Waals surface area contributed by atoms with Gasteiger partial charge in [-0.25, -0.2) is 0 Å². The lowest BCUT2D eigenvalue weighted by Gasteiger charge is -2.26. The molecule has 1 aromatic heterocycles. The highest BCUT2D eigenvalue weighted by Gasteiger charge is 2.18. The van der Waals surface area contributed by atoms with Crippen molar-refractivity contribution in [1.82, 2.24) is 20.0 Å². The summed E-state index contributed by atoms with van der Waals surface area (Å²) in [6, 6.07) is 0.0681. The van der Waals surface area contributed by atoms with Crippen molar-refractivity contribution in [3.05, 3.63) is 16.9 Å². The van der Waals surface area contributed by atoms with E-state index < -0.39 is 0 Å². The summed E-state index contributed by atoms with van der Waals surface area (Å²) in [4.78, 5) is 14.9. The summed E-state index contributed by atoms with van der Waals surface area (Å²) in [5.41, 5.74) is 0.318. The minimum absolute atomic E-state index is 0.0681. The highest BCUT2D eigenvalue weighted by Crippen LogP contribution is 2.14. The number of aryl methyl sites for hydroxylation is 1. The van der Waals surface area contributed by atoms with Crippen LogP contribution < -0.4 is 5.32 Å². The molecule has 1 amide bonds. The molecule has 1 rings (SSSR count). The highest BCUT2D eigenvalue weighted by molar-refractivity contribution is 6.33. The monoisotopic (exact) mass is 370 g/mol. The van der Waals surface area contributed by atoms with E-state index in [2.05, 4.69) is 36.1 Å². The molecule has 0 aliphatic heterocycles. The van der Waals surface area contributed by atoms with E-state index in [1.165, 1.54) is 38.5 Å². The molecule has 1 heterocycles. The molecule has 0 saturated carbocycles. The normalized spacial score (nSPS) is 12.6. The van der Waals surface area contributed by atoms with Gasteiger partial charge in [-0.3, -0.25) is 9.48 Å². The summed E-state index contributed by atoms with van der Waals surface area (Å²) in [5, 5.41) is 7.70. The summed E-state index contributed by atoms with van der Waals surface area (Å²) in [6.07, 6.45) is 9.11. The Kier molecular flexibility index (Phi) is 10.8. The molecule has 1 atom stereocenters. The Balaban J connectivity index is 2.54. The molecule has 25 heavy (non-hydrogen) atoms. The van der Waals surface area contributed by atoms with Gasteiger partial charge in [0.15, 0.2) is 5.69 Å². The van der Waals surface area contributed by atoms with Crippen molar-refractivity contribution in [2.24, 2.45) is 0 Å². The van der Waals surface area contributed by atoms with E-state index >= 15 is 0 Å². The quantitative estimate of drug-likeness (QED) is 0.525. The maximum absolute atomic E-state index is 12.4. The van der Waals surface area contributed by atoms with Gasteiger partial charge in [0.2, 0.25) is 0 Å². The van der Waals surface area contributed by atoms with Gasteiger partial charge >= 0.3 is 0 Å². The first-order valence-corrected chi connectivity index (χ1v) is 10.2. The van der Waals surface area contributed by atoms with Crippen molar-refractivity contribution in [2.75, 3.05) is 19.6 Å². The predicted molar refractivity (Wildman–Crippen MR) is 105 cm³/mol. The van der Waals surface area contributed by atoms with Gasteiger partial charge in [-0.1, -0.05) is 51.1 Å². The number of amides is 1.